The average molecular weight is 1280 g/mol. The maximum Gasteiger partial charge on any atom is 2.00 e. The molecular formula is C83H148N2Pd. The Bertz CT molecular complexity index is 1670. The number of allylic oxidation sites excluding steroid dienone is 2. The Morgan fingerprint density at radius 2 is 0.535 bits per heavy atom. The molecule has 2 aromatic carbocycles. The summed E-state index contributed by atoms with van der Waals surface area (Å²) in [5, 5.41) is 0. The van der Waals surface area contributed by atoms with Crippen molar-refractivity contribution in [3.8, 4) is 0 Å². The Labute approximate surface area is 554 Å². The van der Waals surface area contributed by atoms with Crippen LogP contribution >= 0.6 is 0 Å². The number of hydrogen-bond acceptors (Lipinski definition) is 0. The minimum atomic E-state index is 0. The van der Waals surface area contributed by atoms with E-state index in [4.69, 9.17) is 0 Å². The minimum Gasteiger partial charge on any atom is -0.493 e. The van der Waals surface area contributed by atoms with Crippen LogP contribution in [0.4, 0.5) is 0 Å². The third kappa shape index (κ3) is 50.9. The van der Waals surface area contributed by atoms with Gasteiger partial charge in [0.05, 0.1) is 0 Å². The fourth-order valence-corrected chi connectivity index (χ4v) is 12.6. The van der Waals surface area contributed by atoms with E-state index in [0.717, 1.165) is 61.0 Å². The number of unbranched alkanes of at least 4 members (excludes halogenated alkanes) is 52. The minimum absolute atomic E-state index is 0. The van der Waals surface area contributed by atoms with E-state index in [1.807, 2.05) is 0 Å². The van der Waals surface area contributed by atoms with Crippen LogP contribution < -0.4 is 0 Å². The van der Waals surface area contributed by atoms with Gasteiger partial charge in [0, 0.05) is 22.8 Å². The quantitative estimate of drug-likeness (QED) is 0.0273. The first-order chi connectivity index (χ1) is 42.0. The molecule has 0 saturated heterocycles. The molecule has 0 unspecified atom stereocenters. The molecule has 0 spiro atoms. The van der Waals surface area contributed by atoms with Crippen LogP contribution in [0.5, 0.6) is 0 Å². The van der Waals surface area contributed by atoms with Crippen molar-refractivity contribution in [3.05, 3.63) is 102 Å². The number of aryl methyl sites for hydroxylation is 2. The Balaban J connectivity index is 0.00000126. The van der Waals surface area contributed by atoms with Crippen LogP contribution in [0.1, 0.15) is 429 Å². The van der Waals surface area contributed by atoms with Gasteiger partial charge in [-0.15, -0.1) is 0 Å². The summed E-state index contributed by atoms with van der Waals surface area (Å²) < 4.78 is 1.44. The second-order valence-electron chi connectivity index (χ2n) is 26.8. The fraction of sp³-hybridized carbons (Fsp3) is 0.783. The molecule has 0 aromatic heterocycles. The number of hydrogen-bond donors (Lipinski definition) is 0. The van der Waals surface area contributed by atoms with Crippen molar-refractivity contribution < 1.29 is 25.1 Å². The number of benzene rings is 2. The van der Waals surface area contributed by atoms with Gasteiger partial charge in [-0.05, 0) is 73.9 Å². The standard InChI is InChI=1S/C29H38N2.2C27H55.Pd/c1-4-7-10-17-27-22-28(25-18-11-15-23(20-25)13-8-5-2)31(30)29(27)26-19-12-16-24(21-26)14-9-6-3;2*1-3-5-7-9-11-13-15-17-19-21-23-25-27-26-24-22-20-18-16-14-12-10-8-6-4-2;/h11-12,15-16,18-22H,4-10,13-14,17H2,1-3H3;2*1,3-27H2,2H3;/q;2*-1;+2. The fourth-order valence-electron chi connectivity index (χ4n) is 12.6. The van der Waals surface area contributed by atoms with Gasteiger partial charge in [-0.2, -0.15) is 12.8 Å². The van der Waals surface area contributed by atoms with E-state index in [1.54, 1.807) is 0 Å². The summed E-state index contributed by atoms with van der Waals surface area (Å²) >= 11 is 0. The normalized spacial score (nSPS) is 12.1. The molecule has 1 aliphatic heterocycles. The summed E-state index contributed by atoms with van der Waals surface area (Å²) in [5.41, 5.74) is 19.3. The van der Waals surface area contributed by atoms with Gasteiger partial charge < -0.3 is 19.4 Å². The first kappa shape index (κ1) is 84.2. The van der Waals surface area contributed by atoms with Crippen molar-refractivity contribution >= 4 is 11.4 Å². The predicted molar refractivity (Wildman–Crippen MR) is 386 cm³/mol. The molecule has 0 N–H and O–H groups in total. The molecule has 0 aliphatic carbocycles. The molecule has 86 heavy (non-hydrogen) atoms. The molecule has 3 rings (SSSR count). The van der Waals surface area contributed by atoms with Crippen LogP contribution in [-0.2, 0) is 33.3 Å². The molecule has 1 heterocycles. The molecule has 0 fully saturated rings. The van der Waals surface area contributed by atoms with Crippen molar-refractivity contribution in [1.29, 1.82) is 0 Å². The zero-order valence-corrected chi connectivity index (χ0v) is 60.3. The monoisotopic (exact) mass is 1280 g/mol. The van der Waals surface area contributed by atoms with Crippen molar-refractivity contribution in [2.75, 3.05) is 0 Å². The van der Waals surface area contributed by atoms with Crippen LogP contribution in [0.25, 0.3) is 16.9 Å². The van der Waals surface area contributed by atoms with Crippen LogP contribution in [-0.4, -0.2) is 4.70 Å². The zero-order chi connectivity index (χ0) is 61.4. The second kappa shape index (κ2) is 67.6. The van der Waals surface area contributed by atoms with E-state index < -0.39 is 0 Å². The third-order valence-corrected chi connectivity index (χ3v) is 18.4. The van der Waals surface area contributed by atoms with Gasteiger partial charge in [0.25, 0.3) is 0 Å². The van der Waals surface area contributed by atoms with Crippen molar-refractivity contribution in [1.82, 2.24) is 0 Å². The summed E-state index contributed by atoms with van der Waals surface area (Å²) in [6.45, 7) is 19.1. The topological polar surface area (TPSA) is 25.3 Å². The van der Waals surface area contributed by atoms with Gasteiger partial charge in [0.1, 0.15) is 0 Å². The van der Waals surface area contributed by atoms with Crippen LogP contribution in [0.15, 0.2) is 60.2 Å². The SMILES string of the molecule is CCCCCC1=C(c2cccc(CCCC)c2)[N+](=[N-])C(c2cccc(CCCC)c2)=C1.[CH2-]CCCCCCCCCCCCCCCCCCCCCCCCCC.[CH2-]CCCCCCCCCCCCCCCCCCCCCCCCCC.[Pd+2]. The van der Waals surface area contributed by atoms with Gasteiger partial charge in [0.15, 0.2) is 0 Å². The number of rotatable bonds is 60. The molecule has 0 atom stereocenters. The molecule has 1 aliphatic rings. The van der Waals surface area contributed by atoms with E-state index in [9.17, 15) is 5.53 Å². The van der Waals surface area contributed by atoms with Crippen LogP contribution in [0, 0.1) is 13.8 Å². The Kier molecular flexibility index (Phi) is 66.1. The summed E-state index contributed by atoms with van der Waals surface area (Å²) in [5.74, 6) is 0. The molecular weight excluding hydrogens is 1130 g/mol. The average Bonchev–Trinajstić information content (AvgIpc) is 2.08. The van der Waals surface area contributed by atoms with Crippen LogP contribution in [0.3, 0.4) is 0 Å². The van der Waals surface area contributed by atoms with Gasteiger partial charge in [-0.25, -0.2) is 4.70 Å². The maximum atomic E-state index is 11.3. The predicted octanol–water partition coefficient (Wildman–Crippen LogP) is 29.9. The summed E-state index contributed by atoms with van der Waals surface area (Å²) in [4.78, 5) is 0. The first-order valence-electron chi connectivity index (χ1n) is 38.7. The van der Waals surface area contributed by atoms with E-state index in [1.165, 1.54) is 368 Å². The van der Waals surface area contributed by atoms with Gasteiger partial charge in [-0.1, -0.05) is 393 Å². The smallest absolute Gasteiger partial charge is 0.493 e. The first-order valence-corrected chi connectivity index (χ1v) is 38.7. The Morgan fingerprint density at radius 3 is 0.814 bits per heavy atom. The maximum absolute atomic E-state index is 11.3. The Morgan fingerprint density at radius 1 is 0.291 bits per heavy atom. The molecule has 0 amide bonds. The van der Waals surface area contributed by atoms with Crippen molar-refractivity contribution in [2.24, 2.45) is 0 Å². The molecule has 2 nitrogen and oxygen atoms in total. The van der Waals surface area contributed by atoms with Crippen molar-refractivity contribution in [2.45, 2.75) is 420 Å². The van der Waals surface area contributed by atoms with Crippen LogP contribution in [0.2, 0.25) is 0 Å². The van der Waals surface area contributed by atoms with Crippen molar-refractivity contribution in [3.63, 3.8) is 0 Å². The molecule has 0 saturated carbocycles. The second-order valence-corrected chi connectivity index (χ2v) is 26.8. The van der Waals surface area contributed by atoms with E-state index >= 15 is 0 Å². The van der Waals surface area contributed by atoms with Gasteiger partial charge in [-0.3, -0.25) is 0 Å². The van der Waals surface area contributed by atoms with E-state index in [-0.39, 0.29) is 20.4 Å². The third-order valence-electron chi connectivity index (χ3n) is 18.4. The zero-order valence-electron chi connectivity index (χ0n) is 58.7. The molecule has 2 aromatic rings. The van der Waals surface area contributed by atoms with E-state index in [2.05, 4.69) is 103 Å². The number of nitrogens with zero attached hydrogens (tertiary/aromatic N) is 2. The summed E-state index contributed by atoms with van der Waals surface area (Å²) in [7, 11) is 0. The Hall–Kier alpha value is -1.82. The molecule has 0 bridgehead atoms. The van der Waals surface area contributed by atoms with Gasteiger partial charge >= 0.3 is 20.4 Å². The summed E-state index contributed by atoms with van der Waals surface area (Å²) in [6.07, 6.45) is 86.3. The molecule has 0 radical (unpaired) electrons. The van der Waals surface area contributed by atoms with Gasteiger partial charge in [0.2, 0.25) is 11.4 Å². The molecule has 3 heteroatoms. The summed E-state index contributed by atoms with van der Waals surface area (Å²) in [6, 6.07) is 17.4. The largest absolute Gasteiger partial charge is 2.00 e. The molecule has 500 valence electrons. The van der Waals surface area contributed by atoms with E-state index in [0.29, 0.717) is 0 Å².